The summed E-state index contributed by atoms with van der Waals surface area (Å²) in [5, 5.41) is 3.31. The second-order valence-corrected chi connectivity index (χ2v) is 5.54. The summed E-state index contributed by atoms with van der Waals surface area (Å²) in [4.78, 5) is 22.0. The van der Waals surface area contributed by atoms with Crippen molar-refractivity contribution in [1.29, 1.82) is 0 Å². The molecule has 3 heterocycles. The standard InChI is InChI=1S/C16H23N7O/c1-24-13-3-7-17-14-4-8-20-16(21-14)23-11-9-22(10-12-23)15-18-5-2-6-19-15/h2,4-6,8H,3,7,9-13H2,1H3,(H,17,20,21). The summed E-state index contributed by atoms with van der Waals surface area (Å²) in [7, 11) is 1.71. The van der Waals surface area contributed by atoms with Crippen LogP contribution in [0.4, 0.5) is 17.7 Å². The van der Waals surface area contributed by atoms with Gasteiger partial charge < -0.3 is 19.9 Å². The van der Waals surface area contributed by atoms with E-state index in [0.29, 0.717) is 0 Å². The lowest BCUT2D eigenvalue weighted by molar-refractivity contribution is 0.198. The number of hydrogen-bond acceptors (Lipinski definition) is 8. The Morgan fingerprint density at radius 3 is 2.38 bits per heavy atom. The number of hydrogen-bond donors (Lipinski definition) is 1. The quantitative estimate of drug-likeness (QED) is 0.755. The maximum atomic E-state index is 5.05. The van der Waals surface area contributed by atoms with Crippen molar-refractivity contribution in [2.75, 3.05) is 61.6 Å². The molecule has 1 fully saturated rings. The van der Waals surface area contributed by atoms with Gasteiger partial charge in [0.15, 0.2) is 0 Å². The maximum absolute atomic E-state index is 5.05. The molecule has 0 atom stereocenters. The summed E-state index contributed by atoms with van der Waals surface area (Å²) in [6.07, 6.45) is 6.30. The van der Waals surface area contributed by atoms with Crippen LogP contribution in [0, 0.1) is 0 Å². The Morgan fingerprint density at radius 2 is 1.67 bits per heavy atom. The van der Waals surface area contributed by atoms with Crippen molar-refractivity contribution in [2.45, 2.75) is 6.42 Å². The lowest BCUT2D eigenvalue weighted by Gasteiger charge is -2.34. The highest BCUT2D eigenvalue weighted by Crippen LogP contribution is 2.15. The van der Waals surface area contributed by atoms with Gasteiger partial charge in [-0.05, 0) is 18.6 Å². The minimum Gasteiger partial charge on any atom is -0.385 e. The van der Waals surface area contributed by atoms with Crippen LogP contribution in [0.1, 0.15) is 6.42 Å². The third-order valence-electron chi connectivity index (χ3n) is 3.87. The molecule has 0 aliphatic carbocycles. The van der Waals surface area contributed by atoms with Gasteiger partial charge in [0.25, 0.3) is 0 Å². The first-order chi connectivity index (χ1) is 11.9. The lowest BCUT2D eigenvalue weighted by atomic mass is 10.3. The average Bonchev–Trinajstić information content (AvgIpc) is 2.66. The zero-order valence-corrected chi connectivity index (χ0v) is 13.9. The van der Waals surface area contributed by atoms with Crippen LogP contribution < -0.4 is 15.1 Å². The zero-order valence-electron chi connectivity index (χ0n) is 13.9. The third-order valence-corrected chi connectivity index (χ3v) is 3.87. The van der Waals surface area contributed by atoms with Crippen molar-refractivity contribution >= 4 is 17.7 Å². The van der Waals surface area contributed by atoms with Crippen LogP contribution in [-0.4, -0.2) is 66.4 Å². The molecule has 8 nitrogen and oxygen atoms in total. The Hall–Kier alpha value is -2.48. The predicted octanol–water partition coefficient (Wildman–Crippen LogP) is 1.04. The first-order valence-electron chi connectivity index (χ1n) is 8.19. The van der Waals surface area contributed by atoms with Gasteiger partial charge in [0.1, 0.15) is 5.82 Å². The third kappa shape index (κ3) is 4.29. The first kappa shape index (κ1) is 16.4. The Kier molecular flexibility index (Phi) is 5.73. The molecule has 1 N–H and O–H groups in total. The van der Waals surface area contributed by atoms with E-state index in [1.165, 1.54) is 0 Å². The molecule has 8 heteroatoms. The molecule has 24 heavy (non-hydrogen) atoms. The van der Waals surface area contributed by atoms with E-state index in [-0.39, 0.29) is 0 Å². The summed E-state index contributed by atoms with van der Waals surface area (Å²) in [6, 6.07) is 3.73. The van der Waals surface area contributed by atoms with E-state index in [2.05, 4.69) is 35.1 Å². The fourth-order valence-corrected chi connectivity index (χ4v) is 2.59. The van der Waals surface area contributed by atoms with Gasteiger partial charge >= 0.3 is 0 Å². The maximum Gasteiger partial charge on any atom is 0.227 e. The van der Waals surface area contributed by atoms with Crippen molar-refractivity contribution in [3.05, 3.63) is 30.7 Å². The number of piperazine rings is 1. The summed E-state index contributed by atoms with van der Waals surface area (Å²) in [5.41, 5.74) is 0. The van der Waals surface area contributed by atoms with Crippen molar-refractivity contribution in [3.8, 4) is 0 Å². The molecule has 128 valence electrons. The molecule has 1 aliphatic rings. The monoisotopic (exact) mass is 329 g/mol. The molecule has 2 aromatic heterocycles. The van der Waals surface area contributed by atoms with E-state index in [1.54, 1.807) is 25.7 Å². The second kappa shape index (κ2) is 8.39. The molecule has 1 saturated heterocycles. The molecular formula is C16H23N7O. The number of rotatable bonds is 7. The largest absolute Gasteiger partial charge is 0.385 e. The van der Waals surface area contributed by atoms with Crippen molar-refractivity contribution in [1.82, 2.24) is 19.9 Å². The van der Waals surface area contributed by atoms with Gasteiger partial charge in [0, 0.05) is 65.0 Å². The van der Waals surface area contributed by atoms with Gasteiger partial charge in [-0.15, -0.1) is 0 Å². The van der Waals surface area contributed by atoms with Crippen LogP contribution in [0.3, 0.4) is 0 Å². The summed E-state index contributed by atoms with van der Waals surface area (Å²) < 4.78 is 5.05. The van der Waals surface area contributed by atoms with Crippen molar-refractivity contribution in [2.24, 2.45) is 0 Å². The topological polar surface area (TPSA) is 79.3 Å². The fourth-order valence-electron chi connectivity index (χ4n) is 2.59. The Bertz CT molecular complexity index is 617. The predicted molar refractivity (Wildman–Crippen MR) is 93.5 cm³/mol. The Balaban J connectivity index is 1.54. The normalized spacial score (nSPS) is 14.7. The van der Waals surface area contributed by atoms with Gasteiger partial charge in [-0.3, -0.25) is 0 Å². The molecule has 3 rings (SSSR count). The van der Waals surface area contributed by atoms with Crippen LogP contribution in [0.2, 0.25) is 0 Å². The van der Waals surface area contributed by atoms with Crippen molar-refractivity contribution < 1.29 is 4.74 Å². The highest BCUT2D eigenvalue weighted by Gasteiger charge is 2.20. The molecular weight excluding hydrogens is 306 g/mol. The molecule has 1 aliphatic heterocycles. The summed E-state index contributed by atoms with van der Waals surface area (Å²) >= 11 is 0. The minimum absolute atomic E-state index is 0.745. The van der Waals surface area contributed by atoms with Gasteiger partial charge in [0.05, 0.1) is 0 Å². The van der Waals surface area contributed by atoms with E-state index in [9.17, 15) is 0 Å². The average molecular weight is 329 g/mol. The number of anilines is 3. The van der Waals surface area contributed by atoms with E-state index in [0.717, 1.165) is 63.5 Å². The second-order valence-electron chi connectivity index (χ2n) is 5.54. The minimum atomic E-state index is 0.745. The lowest BCUT2D eigenvalue weighted by Crippen LogP contribution is -2.47. The summed E-state index contributed by atoms with van der Waals surface area (Å²) in [6.45, 7) is 5.01. The van der Waals surface area contributed by atoms with Crippen LogP contribution in [0.5, 0.6) is 0 Å². The SMILES string of the molecule is COCCCNc1ccnc(N2CCN(c3ncccn3)CC2)n1. The molecule has 0 spiro atoms. The van der Waals surface area contributed by atoms with Gasteiger partial charge in [-0.1, -0.05) is 0 Å². The van der Waals surface area contributed by atoms with Gasteiger partial charge in [-0.2, -0.15) is 4.98 Å². The van der Waals surface area contributed by atoms with Gasteiger partial charge in [0.2, 0.25) is 11.9 Å². The smallest absolute Gasteiger partial charge is 0.227 e. The first-order valence-corrected chi connectivity index (χ1v) is 8.19. The van der Waals surface area contributed by atoms with Crippen LogP contribution in [0.15, 0.2) is 30.7 Å². The Labute approximate surface area is 141 Å². The zero-order chi connectivity index (χ0) is 16.6. The molecule has 0 saturated carbocycles. The van der Waals surface area contributed by atoms with Crippen LogP contribution in [0.25, 0.3) is 0 Å². The van der Waals surface area contributed by atoms with Crippen LogP contribution in [-0.2, 0) is 4.74 Å². The molecule has 0 unspecified atom stereocenters. The molecule has 2 aromatic rings. The fraction of sp³-hybridized carbons (Fsp3) is 0.500. The number of nitrogens with one attached hydrogen (secondary N) is 1. The van der Waals surface area contributed by atoms with Gasteiger partial charge in [-0.25, -0.2) is 15.0 Å². The Morgan fingerprint density at radius 1 is 1.00 bits per heavy atom. The van der Waals surface area contributed by atoms with E-state index in [1.807, 2.05) is 12.1 Å². The molecule has 0 amide bonds. The number of nitrogens with zero attached hydrogens (tertiary/aromatic N) is 6. The molecule has 0 aromatic carbocycles. The van der Waals surface area contributed by atoms with E-state index >= 15 is 0 Å². The molecule has 0 radical (unpaired) electrons. The van der Waals surface area contributed by atoms with E-state index in [4.69, 9.17) is 4.74 Å². The number of ether oxygens (including phenoxy) is 1. The van der Waals surface area contributed by atoms with Crippen molar-refractivity contribution in [3.63, 3.8) is 0 Å². The highest BCUT2D eigenvalue weighted by molar-refractivity contribution is 5.43. The highest BCUT2D eigenvalue weighted by atomic mass is 16.5. The number of aromatic nitrogens is 4. The summed E-state index contributed by atoms with van der Waals surface area (Å²) in [5.74, 6) is 2.40. The molecule has 0 bridgehead atoms. The van der Waals surface area contributed by atoms with E-state index < -0.39 is 0 Å². The number of methoxy groups -OCH3 is 1. The van der Waals surface area contributed by atoms with Crippen LogP contribution >= 0.6 is 0 Å².